The van der Waals surface area contributed by atoms with Crippen molar-refractivity contribution in [1.82, 2.24) is 24.6 Å². The van der Waals surface area contributed by atoms with E-state index in [9.17, 15) is 0 Å². The summed E-state index contributed by atoms with van der Waals surface area (Å²) >= 11 is 12.7. The smallest absolute Gasteiger partial charge is 0.199 e. The number of nitrogens with zero attached hydrogens (tertiary/aromatic N) is 5. The summed E-state index contributed by atoms with van der Waals surface area (Å²) in [5.74, 6) is 0.582. The molecule has 2 aromatic carbocycles. The zero-order valence-corrected chi connectivity index (χ0v) is 14.2. The van der Waals surface area contributed by atoms with Crippen LogP contribution in [0.1, 0.15) is 0 Å². The van der Waals surface area contributed by atoms with Crippen LogP contribution in [0.3, 0.4) is 0 Å². The van der Waals surface area contributed by atoms with Crippen LogP contribution in [0, 0.1) is 0 Å². The van der Waals surface area contributed by atoms with Crippen molar-refractivity contribution in [2.75, 3.05) is 0 Å². The minimum atomic E-state index is 0.294. The van der Waals surface area contributed by atoms with E-state index < -0.39 is 0 Å². The minimum absolute atomic E-state index is 0.294. The maximum atomic E-state index is 6.45. The number of pyridine rings is 1. The predicted molar refractivity (Wildman–Crippen MR) is 99.0 cm³/mol. The van der Waals surface area contributed by atoms with Crippen LogP contribution in [-0.2, 0) is 0 Å². The molecule has 5 nitrogen and oxygen atoms in total. The highest BCUT2D eigenvalue weighted by atomic mass is 35.5. The van der Waals surface area contributed by atoms with Crippen molar-refractivity contribution < 1.29 is 0 Å². The molecule has 120 valence electrons. The van der Waals surface area contributed by atoms with Gasteiger partial charge >= 0.3 is 0 Å². The second-order valence-corrected chi connectivity index (χ2v) is 6.31. The normalized spacial score (nSPS) is 11.6. The molecule has 0 aliphatic rings. The molecule has 0 spiro atoms. The third-order valence-corrected chi connectivity index (χ3v) is 4.65. The molecule has 0 aliphatic heterocycles. The Labute approximate surface area is 151 Å². The number of rotatable bonds is 1. The van der Waals surface area contributed by atoms with E-state index in [-0.39, 0.29) is 0 Å². The molecular formula is C18H9Cl2N5. The van der Waals surface area contributed by atoms with Crippen molar-refractivity contribution in [3.8, 4) is 11.4 Å². The Morgan fingerprint density at radius 1 is 0.760 bits per heavy atom. The Morgan fingerprint density at radius 3 is 2.36 bits per heavy atom. The highest BCUT2D eigenvalue weighted by molar-refractivity contribution is 6.33. The molecule has 0 fully saturated rings. The van der Waals surface area contributed by atoms with Crippen LogP contribution in [-0.4, -0.2) is 24.6 Å². The van der Waals surface area contributed by atoms with Crippen LogP contribution < -0.4 is 0 Å². The summed E-state index contributed by atoms with van der Waals surface area (Å²) < 4.78 is 1.86. The van der Waals surface area contributed by atoms with Gasteiger partial charge in [-0.05, 0) is 24.3 Å². The van der Waals surface area contributed by atoms with Gasteiger partial charge in [0.05, 0.1) is 22.1 Å². The molecule has 0 unspecified atom stereocenters. The van der Waals surface area contributed by atoms with Crippen LogP contribution in [0.15, 0.2) is 54.6 Å². The van der Waals surface area contributed by atoms with E-state index in [0.29, 0.717) is 27.3 Å². The van der Waals surface area contributed by atoms with Gasteiger partial charge in [0.15, 0.2) is 16.6 Å². The number of hydrogen-bond donors (Lipinski definition) is 0. The summed E-state index contributed by atoms with van der Waals surface area (Å²) in [5, 5.41) is 10.1. The van der Waals surface area contributed by atoms with Gasteiger partial charge in [0, 0.05) is 5.39 Å². The molecular weight excluding hydrogens is 357 g/mol. The predicted octanol–water partition coefficient (Wildman–Crippen LogP) is 4.80. The van der Waals surface area contributed by atoms with Gasteiger partial charge in [-0.15, -0.1) is 10.2 Å². The zero-order chi connectivity index (χ0) is 17.0. The lowest BCUT2D eigenvalue weighted by Gasteiger charge is -2.07. The van der Waals surface area contributed by atoms with E-state index in [4.69, 9.17) is 23.2 Å². The first kappa shape index (κ1) is 14.6. The molecule has 0 saturated heterocycles. The molecule has 5 rings (SSSR count). The molecule has 0 aliphatic carbocycles. The summed E-state index contributed by atoms with van der Waals surface area (Å²) in [6.45, 7) is 0. The summed E-state index contributed by atoms with van der Waals surface area (Å²) in [6, 6.07) is 17.4. The fraction of sp³-hybridized carbons (Fsp3) is 0. The molecule has 25 heavy (non-hydrogen) atoms. The standard InChI is InChI=1S/C18H9Cl2N5/c19-15-11(9-10-5-1-2-6-12(10)21-15)17-23-24-18-16(20)22-13-7-3-4-8-14(13)25(17)18/h1-9H. The Bertz CT molecular complexity index is 1280. The zero-order valence-electron chi connectivity index (χ0n) is 12.7. The number of benzene rings is 2. The quantitative estimate of drug-likeness (QED) is 0.400. The molecule has 0 atom stereocenters. The van der Waals surface area contributed by atoms with E-state index in [1.807, 2.05) is 59.0 Å². The van der Waals surface area contributed by atoms with Gasteiger partial charge in [-0.3, -0.25) is 4.40 Å². The van der Waals surface area contributed by atoms with Crippen LogP contribution in [0.2, 0.25) is 10.3 Å². The van der Waals surface area contributed by atoms with Gasteiger partial charge in [0.25, 0.3) is 0 Å². The lowest BCUT2D eigenvalue weighted by atomic mass is 10.1. The van der Waals surface area contributed by atoms with E-state index >= 15 is 0 Å². The number of fused-ring (bicyclic) bond motifs is 4. The second kappa shape index (κ2) is 5.37. The van der Waals surface area contributed by atoms with Gasteiger partial charge in [-0.2, -0.15) is 0 Å². The highest BCUT2D eigenvalue weighted by Crippen LogP contribution is 2.31. The second-order valence-electron chi connectivity index (χ2n) is 5.59. The van der Waals surface area contributed by atoms with Gasteiger partial charge in [0.2, 0.25) is 0 Å². The van der Waals surface area contributed by atoms with Gasteiger partial charge in [-0.1, -0.05) is 53.5 Å². The molecule has 7 heteroatoms. The molecule has 0 radical (unpaired) electrons. The first-order valence-electron chi connectivity index (χ1n) is 7.57. The molecule has 0 bridgehead atoms. The molecule has 3 aromatic heterocycles. The first-order chi connectivity index (χ1) is 12.2. The molecule has 0 N–H and O–H groups in total. The van der Waals surface area contributed by atoms with Crippen molar-refractivity contribution in [2.45, 2.75) is 0 Å². The number of hydrogen-bond acceptors (Lipinski definition) is 4. The Morgan fingerprint density at radius 2 is 1.48 bits per heavy atom. The van der Waals surface area contributed by atoms with Gasteiger partial charge < -0.3 is 0 Å². The third kappa shape index (κ3) is 2.17. The summed E-state index contributed by atoms with van der Waals surface area (Å²) in [4.78, 5) is 8.85. The molecule has 0 saturated carbocycles. The largest absolute Gasteiger partial charge is 0.271 e. The van der Waals surface area contributed by atoms with Crippen molar-refractivity contribution >= 4 is 50.8 Å². The van der Waals surface area contributed by atoms with Gasteiger partial charge in [-0.25, -0.2) is 9.97 Å². The van der Waals surface area contributed by atoms with Crippen molar-refractivity contribution in [2.24, 2.45) is 0 Å². The van der Waals surface area contributed by atoms with E-state index in [1.165, 1.54) is 0 Å². The maximum Gasteiger partial charge on any atom is 0.199 e. The maximum absolute atomic E-state index is 6.45. The average molecular weight is 366 g/mol. The van der Waals surface area contributed by atoms with E-state index in [0.717, 1.165) is 21.9 Å². The van der Waals surface area contributed by atoms with Crippen molar-refractivity contribution in [3.05, 3.63) is 64.9 Å². The van der Waals surface area contributed by atoms with Crippen LogP contribution in [0.5, 0.6) is 0 Å². The van der Waals surface area contributed by atoms with Crippen molar-refractivity contribution in [3.63, 3.8) is 0 Å². The number of halogens is 2. The molecule has 3 heterocycles. The van der Waals surface area contributed by atoms with E-state index in [1.54, 1.807) is 0 Å². The lowest BCUT2D eigenvalue weighted by molar-refractivity contribution is 1.11. The fourth-order valence-corrected chi connectivity index (χ4v) is 3.42. The minimum Gasteiger partial charge on any atom is -0.271 e. The van der Waals surface area contributed by atoms with Crippen LogP contribution in [0.25, 0.3) is 39.0 Å². The Balaban J connectivity index is 1.92. The van der Waals surface area contributed by atoms with Gasteiger partial charge in [0.1, 0.15) is 5.15 Å². The third-order valence-electron chi connectivity index (χ3n) is 4.11. The molecule has 0 amide bonds. The summed E-state index contributed by atoms with van der Waals surface area (Å²) in [7, 11) is 0. The monoisotopic (exact) mass is 365 g/mol. The fourth-order valence-electron chi connectivity index (χ4n) is 2.97. The Kier molecular flexibility index (Phi) is 3.13. The Hall–Kier alpha value is -2.76. The van der Waals surface area contributed by atoms with Crippen LogP contribution in [0.4, 0.5) is 0 Å². The number of para-hydroxylation sites is 3. The molecule has 5 aromatic rings. The van der Waals surface area contributed by atoms with Crippen LogP contribution >= 0.6 is 23.2 Å². The lowest BCUT2D eigenvalue weighted by Crippen LogP contribution is -1.96. The topological polar surface area (TPSA) is 56.0 Å². The summed E-state index contributed by atoms with van der Waals surface area (Å²) in [5.41, 5.74) is 3.62. The van der Waals surface area contributed by atoms with Crippen molar-refractivity contribution in [1.29, 1.82) is 0 Å². The van der Waals surface area contributed by atoms with E-state index in [2.05, 4.69) is 20.2 Å². The SMILES string of the molecule is Clc1nc2ccccc2cc1-c1nnc2c(Cl)nc3ccccc3n12. The summed E-state index contributed by atoms with van der Waals surface area (Å²) in [6.07, 6.45) is 0. The number of aromatic nitrogens is 5. The highest BCUT2D eigenvalue weighted by Gasteiger charge is 2.18. The first-order valence-corrected chi connectivity index (χ1v) is 8.33. The average Bonchev–Trinajstić information content (AvgIpc) is 3.07.